The Labute approximate surface area is 93.8 Å². The molecule has 1 rings (SSSR count). The van der Waals surface area contributed by atoms with E-state index in [2.05, 4.69) is 12.2 Å². The maximum absolute atomic E-state index is 11.5. The van der Waals surface area contributed by atoms with Gasteiger partial charge in [0.25, 0.3) is 0 Å². The highest BCUT2D eigenvalue weighted by molar-refractivity contribution is 5.76. The third kappa shape index (κ3) is 5.81. The van der Waals surface area contributed by atoms with Crippen molar-refractivity contribution in [1.82, 2.24) is 5.32 Å². The van der Waals surface area contributed by atoms with Gasteiger partial charge in [-0.1, -0.05) is 45.4 Å². The van der Waals surface area contributed by atoms with Gasteiger partial charge in [0.2, 0.25) is 5.91 Å². The third-order valence-corrected chi connectivity index (χ3v) is 3.23. The van der Waals surface area contributed by atoms with E-state index in [0.29, 0.717) is 6.04 Å². The maximum Gasteiger partial charge on any atom is 0.220 e. The standard InChI is InChI=1S/C13H25NO/c1-2-3-4-5-6-11-13(15)14-12-9-7-8-10-12/h12H,2-11H2,1H3,(H,14,15). The van der Waals surface area contributed by atoms with Crippen molar-refractivity contribution < 1.29 is 4.79 Å². The van der Waals surface area contributed by atoms with Gasteiger partial charge in [0.1, 0.15) is 0 Å². The number of unbranched alkanes of at least 4 members (excludes halogenated alkanes) is 4. The van der Waals surface area contributed by atoms with E-state index in [1.807, 2.05) is 0 Å². The summed E-state index contributed by atoms with van der Waals surface area (Å²) in [5, 5.41) is 3.13. The minimum absolute atomic E-state index is 0.276. The number of nitrogens with one attached hydrogen (secondary N) is 1. The van der Waals surface area contributed by atoms with Gasteiger partial charge in [0, 0.05) is 12.5 Å². The van der Waals surface area contributed by atoms with Crippen LogP contribution in [0.2, 0.25) is 0 Å². The molecule has 1 amide bonds. The number of hydrogen-bond donors (Lipinski definition) is 1. The summed E-state index contributed by atoms with van der Waals surface area (Å²) in [4.78, 5) is 11.5. The Bertz CT molecular complexity index is 173. The normalized spacial score (nSPS) is 16.9. The minimum atomic E-state index is 0.276. The lowest BCUT2D eigenvalue weighted by Gasteiger charge is -2.11. The predicted molar refractivity (Wildman–Crippen MR) is 63.8 cm³/mol. The van der Waals surface area contributed by atoms with E-state index in [0.717, 1.165) is 12.8 Å². The van der Waals surface area contributed by atoms with Gasteiger partial charge in [-0.15, -0.1) is 0 Å². The van der Waals surface area contributed by atoms with Crippen molar-refractivity contribution in [2.45, 2.75) is 77.2 Å². The summed E-state index contributed by atoms with van der Waals surface area (Å²) >= 11 is 0. The Balaban J connectivity index is 1.93. The maximum atomic E-state index is 11.5. The van der Waals surface area contributed by atoms with Crippen molar-refractivity contribution in [2.24, 2.45) is 0 Å². The van der Waals surface area contributed by atoms with Crippen LogP contribution < -0.4 is 5.32 Å². The Morgan fingerprint density at radius 2 is 1.80 bits per heavy atom. The van der Waals surface area contributed by atoms with Crippen molar-refractivity contribution in [3.8, 4) is 0 Å². The summed E-state index contributed by atoms with van der Waals surface area (Å²) < 4.78 is 0. The largest absolute Gasteiger partial charge is 0.353 e. The molecule has 1 fully saturated rings. The van der Waals surface area contributed by atoms with E-state index >= 15 is 0 Å². The van der Waals surface area contributed by atoms with Crippen LogP contribution in [0.15, 0.2) is 0 Å². The second-order valence-electron chi connectivity index (χ2n) is 4.71. The zero-order chi connectivity index (χ0) is 10.9. The molecular weight excluding hydrogens is 186 g/mol. The fraction of sp³-hybridized carbons (Fsp3) is 0.923. The van der Waals surface area contributed by atoms with Crippen LogP contribution in [0, 0.1) is 0 Å². The second kappa shape index (κ2) is 7.72. The van der Waals surface area contributed by atoms with Gasteiger partial charge >= 0.3 is 0 Å². The molecule has 0 heterocycles. The first-order valence-corrected chi connectivity index (χ1v) is 6.62. The van der Waals surface area contributed by atoms with Gasteiger partial charge in [-0.25, -0.2) is 0 Å². The van der Waals surface area contributed by atoms with Crippen molar-refractivity contribution in [1.29, 1.82) is 0 Å². The Morgan fingerprint density at radius 3 is 2.47 bits per heavy atom. The SMILES string of the molecule is CCCCCCCC(=O)NC1CCCC1. The fourth-order valence-corrected chi connectivity index (χ4v) is 2.26. The van der Waals surface area contributed by atoms with Crippen LogP contribution in [-0.2, 0) is 4.79 Å². The van der Waals surface area contributed by atoms with Crippen molar-refractivity contribution in [2.75, 3.05) is 0 Å². The Hall–Kier alpha value is -0.530. The topological polar surface area (TPSA) is 29.1 Å². The summed E-state index contributed by atoms with van der Waals surface area (Å²) in [6.07, 6.45) is 11.9. The smallest absolute Gasteiger partial charge is 0.220 e. The molecule has 2 heteroatoms. The monoisotopic (exact) mass is 211 g/mol. The van der Waals surface area contributed by atoms with Gasteiger partial charge in [-0.05, 0) is 19.3 Å². The zero-order valence-electron chi connectivity index (χ0n) is 10.1. The molecule has 0 aromatic heterocycles. The summed E-state index contributed by atoms with van der Waals surface area (Å²) in [7, 11) is 0. The molecule has 0 bridgehead atoms. The summed E-state index contributed by atoms with van der Waals surface area (Å²) in [6.45, 7) is 2.22. The molecule has 1 aliphatic rings. The van der Waals surface area contributed by atoms with E-state index in [9.17, 15) is 4.79 Å². The van der Waals surface area contributed by atoms with Gasteiger partial charge in [-0.2, -0.15) is 0 Å². The van der Waals surface area contributed by atoms with Crippen LogP contribution >= 0.6 is 0 Å². The van der Waals surface area contributed by atoms with Crippen LogP contribution in [0.4, 0.5) is 0 Å². The number of rotatable bonds is 7. The predicted octanol–water partition coefficient (Wildman–Crippen LogP) is 3.41. The van der Waals surface area contributed by atoms with Gasteiger partial charge in [-0.3, -0.25) is 4.79 Å². The van der Waals surface area contributed by atoms with Gasteiger partial charge < -0.3 is 5.32 Å². The molecule has 0 aliphatic heterocycles. The quantitative estimate of drug-likeness (QED) is 0.642. The first kappa shape index (κ1) is 12.5. The van der Waals surface area contributed by atoms with Crippen LogP contribution in [0.25, 0.3) is 0 Å². The number of carbonyl (C=O) groups is 1. The first-order valence-electron chi connectivity index (χ1n) is 6.62. The third-order valence-electron chi connectivity index (χ3n) is 3.23. The molecule has 0 unspecified atom stereocenters. The van der Waals surface area contributed by atoms with Crippen LogP contribution in [0.5, 0.6) is 0 Å². The average molecular weight is 211 g/mol. The fourth-order valence-electron chi connectivity index (χ4n) is 2.26. The molecule has 0 aromatic rings. The van der Waals surface area contributed by atoms with Gasteiger partial charge in [0.05, 0.1) is 0 Å². The molecule has 0 aromatic carbocycles. The zero-order valence-corrected chi connectivity index (χ0v) is 10.1. The number of hydrogen-bond acceptors (Lipinski definition) is 1. The first-order chi connectivity index (χ1) is 7.33. The van der Waals surface area contributed by atoms with E-state index in [1.54, 1.807) is 0 Å². The lowest BCUT2D eigenvalue weighted by molar-refractivity contribution is -0.121. The molecule has 1 aliphatic carbocycles. The van der Waals surface area contributed by atoms with Crippen LogP contribution in [0.1, 0.15) is 71.1 Å². The highest BCUT2D eigenvalue weighted by Gasteiger charge is 2.16. The number of amides is 1. The molecule has 0 saturated heterocycles. The molecule has 1 N–H and O–H groups in total. The molecule has 15 heavy (non-hydrogen) atoms. The molecule has 2 nitrogen and oxygen atoms in total. The molecule has 0 atom stereocenters. The molecule has 0 spiro atoms. The summed E-state index contributed by atoms with van der Waals surface area (Å²) in [6, 6.07) is 0.494. The highest BCUT2D eigenvalue weighted by Crippen LogP contribution is 2.17. The van der Waals surface area contributed by atoms with Crippen molar-refractivity contribution in [3.05, 3.63) is 0 Å². The number of carbonyl (C=O) groups excluding carboxylic acids is 1. The van der Waals surface area contributed by atoms with E-state index in [4.69, 9.17) is 0 Å². The molecule has 88 valence electrons. The highest BCUT2D eigenvalue weighted by atomic mass is 16.1. The van der Waals surface area contributed by atoms with Crippen LogP contribution in [0.3, 0.4) is 0 Å². The second-order valence-corrected chi connectivity index (χ2v) is 4.71. The summed E-state index contributed by atoms with van der Waals surface area (Å²) in [5.41, 5.74) is 0. The Morgan fingerprint density at radius 1 is 1.13 bits per heavy atom. The van der Waals surface area contributed by atoms with E-state index < -0.39 is 0 Å². The van der Waals surface area contributed by atoms with E-state index in [-0.39, 0.29) is 5.91 Å². The lowest BCUT2D eigenvalue weighted by atomic mass is 10.1. The molecular formula is C13H25NO. The van der Waals surface area contributed by atoms with E-state index in [1.165, 1.54) is 51.4 Å². The Kier molecular flexibility index (Phi) is 6.45. The lowest BCUT2D eigenvalue weighted by Crippen LogP contribution is -2.32. The van der Waals surface area contributed by atoms with Crippen LogP contribution in [-0.4, -0.2) is 11.9 Å². The molecule has 0 radical (unpaired) electrons. The minimum Gasteiger partial charge on any atom is -0.353 e. The van der Waals surface area contributed by atoms with Crippen molar-refractivity contribution in [3.63, 3.8) is 0 Å². The molecule has 1 saturated carbocycles. The summed E-state index contributed by atoms with van der Waals surface area (Å²) in [5.74, 6) is 0.276. The van der Waals surface area contributed by atoms with Gasteiger partial charge in [0.15, 0.2) is 0 Å². The average Bonchev–Trinajstić information content (AvgIpc) is 2.70. The van der Waals surface area contributed by atoms with Crippen molar-refractivity contribution >= 4 is 5.91 Å².